The van der Waals surface area contributed by atoms with Crippen molar-refractivity contribution in [2.75, 3.05) is 0 Å². The number of rotatable bonds is 5. The molecule has 0 spiro atoms. The highest BCUT2D eigenvalue weighted by Gasteiger charge is 2.12. The third kappa shape index (κ3) is 3.88. The van der Waals surface area contributed by atoms with Gasteiger partial charge in [-0.15, -0.1) is 0 Å². The number of benzene rings is 1. The largest absolute Gasteiger partial charge is 0.327 e. The van der Waals surface area contributed by atoms with Gasteiger partial charge in [-0.3, -0.25) is 0 Å². The number of hydrogen-bond acceptors (Lipinski definition) is 3. The van der Waals surface area contributed by atoms with Crippen LogP contribution in [0.15, 0.2) is 35.1 Å². The smallest absolute Gasteiger partial charge is 0.138 e. The van der Waals surface area contributed by atoms with Crippen LogP contribution in [0.4, 0.5) is 0 Å². The Kier molecular flexibility index (Phi) is 4.71. The van der Waals surface area contributed by atoms with Crippen LogP contribution in [-0.4, -0.2) is 20.8 Å². The summed E-state index contributed by atoms with van der Waals surface area (Å²) in [4.78, 5) is 4.30. The van der Waals surface area contributed by atoms with Gasteiger partial charge in [0.15, 0.2) is 0 Å². The van der Waals surface area contributed by atoms with Crippen LogP contribution in [0.25, 0.3) is 0 Å². The third-order valence-corrected chi connectivity index (χ3v) is 3.46. The first-order chi connectivity index (χ1) is 9.06. The van der Waals surface area contributed by atoms with Crippen LogP contribution in [0.3, 0.4) is 0 Å². The molecule has 1 heterocycles. The Bertz CT molecular complexity index is 536. The highest BCUT2D eigenvalue weighted by atomic mass is 79.9. The summed E-state index contributed by atoms with van der Waals surface area (Å²) in [5, 5.41) is 4.23. The van der Waals surface area contributed by atoms with Crippen molar-refractivity contribution in [1.29, 1.82) is 0 Å². The maximum absolute atomic E-state index is 6.22. The summed E-state index contributed by atoms with van der Waals surface area (Å²) in [5.41, 5.74) is 7.45. The normalized spacial score (nSPS) is 12.9. The second-order valence-corrected chi connectivity index (χ2v) is 5.93. The summed E-state index contributed by atoms with van der Waals surface area (Å²) in [7, 11) is 0. The number of hydrogen-bond donors (Lipinski definition) is 1. The number of nitrogens with two attached hydrogens (primary N) is 1. The average Bonchev–Trinajstić information content (AvgIpc) is 2.76. The molecule has 2 aromatic rings. The Morgan fingerprint density at radius 3 is 2.79 bits per heavy atom. The summed E-state index contributed by atoms with van der Waals surface area (Å²) < 4.78 is 3.02. The molecule has 0 radical (unpaired) electrons. The Balaban J connectivity index is 2.01. The van der Waals surface area contributed by atoms with Gasteiger partial charge >= 0.3 is 0 Å². The summed E-state index contributed by atoms with van der Waals surface area (Å²) in [6.07, 6.45) is 3.18. The lowest BCUT2D eigenvalue weighted by molar-refractivity contribution is 0.489. The van der Waals surface area contributed by atoms with Crippen LogP contribution < -0.4 is 5.73 Å². The van der Waals surface area contributed by atoms with E-state index in [9.17, 15) is 0 Å². The molecule has 0 amide bonds. The van der Waals surface area contributed by atoms with Crippen molar-refractivity contribution >= 4 is 15.9 Å². The first-order valence-corrected chi connectivity index (χ1v) is 7.24. The van der Waals surface area contributed by atoms with E-state index < -0.39 is 0 Å². The molecule has 0 bridgehead atoms. The Morgan fingerprint density at radius 2 is 2.11 bits per heavy atom. The fourth-order valence-corrected chi connectivity index (χ4v) is 2.57. The second kappa shape index (κ2) is 6.30. The van der Waals surface area contributed by atoms with Crippen molar-refractivity contribution in [1.82, 2.24) is 14.8 Å². The Labute approximate surface area is 122 Å². The molecule has 1 unspecified atom stereocenters. The van der Waals surface area contributed by atoms with Crippen molar-refractivity contribution in [2.45, 2.75) is 38.8 Å². The summed E-state index contributed by atoms with van der Waals surface area (Å²) in [6.45, 7) is 4.19. The van der Waals surface area contributed by atoms with Gasteiger partial charge in [-0.1, -0.05) is 28.1 Å². The van der Waals surface area contributed by atoms with Gasteiger partial charge < -0.3 is 5.73 Å². The zero-order chi connectivity index (χ0) is 13.8. The van der Waals surface area contributed by atoms with E-state index in [1.165, 1.54) is 5.56 Å². The van der Waals surface area contributed by atoms with Crippen LogP contribution in [0.2, 0.25) is 0 Å². The molecule has 2 N–H and O–H groups in total. The molecule has 0 saturated carbocycles. The molecule has 0 aliphatic carbocycles. The molecule has 1 atom stereocenters. The van der Waals surface area contributed by atoms with Gasteiger partial charge in [0, 0.05) is 23.0 Å². The third-order valence-electron chi connectivity index (χ3n) is 2.97. The monoisotopic (exact) mass is 322 g/mol. The van der Waals surface area contributed by atoms with Gasteiger partial charge in [-0.25, -0.2) is 9.67 Å². The summed E-state index contributed by atoms with van der Waals surface area (Å²) >= 11 is 3.48. The molecule has 0 aliphatic heterocycles. The number of aromatic nitrogens is 3. The van der Waals surface area contributed by atoms with Gasteiger partial charge in [0.2, 0.25) is 0 Å². The Morgan fingerprint density at radius 1 is 1.32 bits per heavy atom. The minimum atomic E-state index is 0.0519. The van der Waals surface area contributed by atoms with Crippen molar-refractivity contribution < 1.29 is 0 Å². The van der Waals surface area contributed by atoms with E-state index in [1.54, 1.807) is 6.33 Å². The van der Waals surface area contributed by atoms with Gasteiger partial charge in [0.1, 0.15) is 12.2 Å². The van der Waals surface area contributed by atoms with Crippen molar-refractivity contribution in [3.05, 3.63) is 46.5 Å². The van der Waals surface area contributed by atoms with E-state index in [-0.39, 0.29) is 6.04 Å². The van der Waals surface area contributed by atoms with E-state index in [1.807, 2.05) is 16.8 Å². The lowest BCUT2D eigenvalue weighted by Gasteiger charge is -2.14. The summed E-state index contributed by atoms with van der Waals surface area (Å²) in [6, 6.07) is 8.62. The highest BCUT2D eigenvalue weighted by Crippen LogP contribution is 2.14. The van der Waals surface area contributed by atoms with Gasteiger partial charge in [-0.05, 0) is 38.0 Å². The molecule has 1 aromatic carbocycles. The molecule has 2 rings (SSSR count). The van der Waals surface area contributed by atoms with Crippen LogP contribution in [-0.2, 0) is 12.8 Å². The quantitative estimate of drug-likeness (QED) is 0.920. The van der Waals surface area contributed by atoms with Crippen molar-refractivity contribution in [3.63, 3.8) is 0 Å². The van der Waals surface area contributed by atoms with E-state index in [0.717, 1.165) is 23.1 Å². The lowest BCUT2D eigenvalue weighted by Crippen LogP contribution is -2.27. The van der Waals surface area contributed by atoms with Crippen molar-refractivity contribution in [2.24, 2.45) is 5.73 Å². The van der Waals surface area contributed by atoms with E-state index in [0.29, 0.717) is 6.04 Å². The molecule has 0 aliphatic rings. The average molecular weight is 323 g/mol. The molecule has 4 nitrogen and oxygen atoms in total. The SMILES string of the molecule is CC(C)n1ncnc1CC(N)Cc1cccc(Br)c1. The molecule has 5 heteroatoms. The minimum absolute atomic E-state index is 0.0519. The summed E-state index contributed by atoms with van der Waals surface area (Å²) in [5.74, 6) is 0.956. The zero-order valence-corrected chi connectivity index (χ0v) is 12.8. The number of nitrogens with zero attached hydrogens (tertiary/aromatic N) is 3. The molecule has 19 heavy (non-hydrogen) atoms. The van der Waals surface area contributed by atoms with Gasteiger partial charge in [0.25, 0.3) is 0 Å². The fraction of sp³-hybridized carbons (Fsp3) is 0.429. The highest BCUT2D eigenvalue weighted by molar-refractivity contribution is 9.10. The standard InChI is InChI=1S/C14H19BrN4/c1-10(2)19-14(17-9-18-19)8-13(16)7-11-4-3-5-12(15)6-11/h3-6,9-10,13H,7-8,16H2,1-2H3. The zero-order valence-electron chi connectivity index (χ0n) is 11.3. The topological polar surface area (TPSA) is 56.7 Å². The molecule has 0 fully saturated rings. The molecule has 102 valence electrons. The first-order valence-electron chi connectivity index (χ1n) is 6.44. The predicted octanol–water partition coefficient (Wildman–Crippen LogP) is 2.73. The van der Waals surface area contributed by atoms with Crippen LogP contribution in [0, 0.1) is 0 Å². The van der Waals surface area contributed by atoms with Crippen molar-refractivity contribution in [3.8, 4) is 0 Å². The maximum atomic E-state index is 6.22. The van der Waals surface area contributed by atoms with Gasteiger partial charge in [-0.2, -0.15) is 5.10 Å². The Hall–Kier alpha value is -1.20. The van der Waals surface area contributed by atoms with E-state index in [2.05, 4.69) is 52.0 Å². The molecule has 0 saturated heterocycles. The van der Waals surface area contributed by atoms with E-state index in [4.69, 9.17) is 5.73 Å². The van der Waals surface area contributed by atoms with E-state index >= 15 is 0 Å². The van der Waals surface area contributed by atoms with Gasteiger partial charge in [0.05, 0.1) is 0 Å². The molecule has 1 aromatic heterocycles. The maximum Gasteiger partial charge on any atom is 0.138 e. The van der Waals surface area contributed by atoms with Crippen LogP contribution >= 0.6 is 15.9 Å². The molecular weight excluding hydrogens is 304 g/mol. The first kappa shape index (κ1) is 14.2. The van der Waals surface area contributed by atoms with Crippen LogP contribution in [0.5, 0.6) is 0 Å². The second-order valence-electron chi connectivity index (χ2n) is 5.01. The molecular formula is C14H19BrN4. The number of halogens is 1. The van der Waals surface area contributed by atoms with Crippen LogP contribution in [0.1, 0.15) is 31.3 Å². The fourth-order valence-electron chi connectivity index (χ4n) is 2.12. The minimum Gasteiger partial charge on any atom is -0.327 e. The predicted molar refractivity (Wildman–Crippen MR) is 79.9 cm³/mol. The lowest BCUT2D eigenvalue weighted by atomic mass is 10.0.